The Kier molecular flexibility index (Phi) is 11.0. The van der Waals surface area contributed by atoms with E-state index in [1.54, 1.807) is 13.0 Å². The number of hydrogen-bond acceptors (Lipinski definition) is 5. The molecule has 0 radical (unpaired) electrons. The van der Waals surface area contributed by atoms with Crippen molar-refractivity contribution in [1.29, 1.82) is 0 Å². The maximum atomic E-state index is 11.6. The molecule has 0 aromatic rings. The van der Waals surface area contributed by atoms with Crippen molar-refractivity contribution in [1.82, 2.24) is 5.32 Å². The van der Waals surface area contributed by atoms with E-state index in [2.05, 4.69) is 12.2 Å². The summed E-state index contributed by atoms with van der Waals surface area (Å²) in [4.78, 5) is 11.6. The van der Waals surface area contributed by atoms with Crippen molar-refractivity contribution in [3.05, 3.63) is 12.2 Å². The number of rotatable bonds is 11. The minimum absolute atomic E-state index is 0.0566. The van der Waals surface area contributed by atoms with Crippen LogP contribution in [0, 0.1) is 0 Å². The van der Waals surface area contributed by atoms with Crippen molar-refractivity contribution in [3.8, 4) is 0 Å². The number of allylic oxidation sites excluding steroid dienone is 1. The normalized spacial score (nSPS) is 28.2. The van der Waals surface area contributed by atoms with E-state index in [0.29, 0.717) is 6.42 Å². The number of hydrogen-bond donors (Lipinski definition) is 3. The van der Waals surface area contributed by atoms with Crippen molar-refractivity contribution < 1.29 is 24.5 Å². The molecule has 0 spiro atoms. The molecule has 0 aromatic heterocycles. The minimum Gasteiger partial charge on any atom is -0.390 e. The van der Waals surface area contributed by atoms with Crippen LogP contribution >= 0.6 is 0 Å². The molecule has 0 saturated carbocycles. The van der Waals surface area contributed by atoms with Crippen molar-refractivity contribution in [2.45, 2.75) is 96.4 Å². The standard InChI is InChI=1S/C19H35NO5/c1-4-5-6-9-12-20-18(23)11-8-7-10-14(2)24-19-17(22)13-16(21)15(3)25-19/h8,11,14-17,19,21-22H,4-7,9-10,12-13H2,1-3H3,(H,20,23)/b11-8+/t14-,15+,16-,17-,19-/m1/s1. The Morgan fingerprint density at radius 3 is 2.80 bits per heavy atom. The summed E-state index contributed by atoms with van der Waals surface area (Å²) in [6.45, 7) is 6.56. The smallest absolute Gasteiger partial charge is 0.243 e. The molecule has 146 valence electrons. The second-order valence-electron chi connectivity index (χ2n) is 6.86. The molecule has 6 heteroatoms. The third-order valence-corrected chi connectivity index (χ3v) is 4.39. The van der Waals surface area contributed by atoms with Gasteiger partial charge in [-0.15, -0.1) is 0 Å². The summed E-state index contributed by atoms with van der Waals surface area (Å²) >= 11 is 0. The highest BCUT2D eigenvalue weighted by Crippen LogP contribution is 2.22. The fourth-order valence-corrected chi connectivity index (χ4v) is 2.71. The van der Waals surface area contributed by atoms with Crippen LogP contribution in [0.25, 0.3) is 0 Å². The molecule has 1 rings (SSSR count). The number of ether oxygens (including phenoxy) is 2. The quantitative estimate of drug-likeness (QED) is 0.390. The maximum absolute atomic E-state index is 11.6. The first-order chi connectivity index (χ1) is 11.9. The molecule has 0 aliphatic carbocycles. The van der Waals surface area contributed by atoms with Crippen LogP contribution in [0.1, 0.15) is 65.7 Å². The van der Waals surface area contributed by atoms with Gasteiger partial charge in [0.15, 0.2) is 6.29 Å². The third-order valence-electron chi connectivity index (χ3n) is 4.39. The largest absolute Gasteiger partial charge is 0.390 e. The van der Waals surface area contributed by atoms with Gasteiger partial charge in [0.2, 0.25) is 5.91 Å². The maximum Gasteiger partial charge on any atom is 0.243 e. The average Bonchev–Trinajstić information content (AvgIpc) is 2.56. The molecule has 1 saturated heterocycles. The molecular weight excluding hydrogens is 322 g/mol. The van der Waals surface area contributed by atoms with E-state index in [4.69, 9.17) is 9.47 Å². The molecule has 3 N–H and O–H groups in total. The SMILES string of the molecule is CCCCCCNC(=O)/C=C/CC[C@@H](C)O[C@@H]1O[C@@H](C)[C@H](O)C[C@H]1O. The monoisotopic (exact) mass is 357 g/mol. The molecule has 25 heavy (non-hydrogen) atoms. The molecule has 1 amide bonds. The van der Waals surface area contributed by atoms with E-state index in [0.717, 1.165) is 25.8 Å². The summed E-state index contributed by atoms with van der Waals surface area (Å²) in [5.74, 6) is -0.0566. The molecule has 5 atom stereocenters. The van der Waals surface area contributed by atoms with Crippen LogP contribution in [0.3, 0.4) is 0 Å². The van der Waals surface area contributed by atoms with Gasteiger partial charge in [0.25, 0.3) is 0 Å². The summed E-state index contributed by atoms with van der Waals surface area (Å²) in [6, 6.07) is 0. The van der Waals surface area contributed by atoms with Gasteiger partial charge in [0.1, 0.15) is 6.10 Å². The summed E-state index contributed by atoms with van der Waals surface area (Å²) in [7, 11) is 0. The molecule has 1 aliphatic rings. The van der Waals surface area contributed by atoms with E-state index in [1.807, 2.05) is 13.0 Å². The highest BCUT2D eigenvalue weighted by molar-refractivity contribution is 5.87. The summed E-state index contributed by atoms with van der Waals surface area (Å²) < 4.78 is 11.2. The van der Waals surface area contributed by atoms with Gasteiger partial charge >= 0.3 is 0 Å². The first kappa shape index (κ1) is 22.1. The van der Waals surface area contributed by atoms with E-state index in [-0.39, 0.29) is 24.5 Å². The van der Waals surface area contributed by atoms with Crippen molar-refractivity contribution in [2.24, 2.45) is 0 Å². The number of carbonyl (C=O) groups excluding carboxylic acids is 1. The highest BCUT2D eigenvalue weighted by Gasteiger charge is 2.35. The molecule has 0 bridgehead atoms. The fraction of sp³-hybridized carbons (Fsp3) is 0.842. The zero-order chi connectivity index (χ0) is 18.7. The molecule has 0 aromatic carbocycles. The first-order valence-electron chi connectivity index (χ1n) is 9.55. The topological polar surface area (TPSA) is 88.0 Å². The van der Waals surface area contributed by atoms with E-state index >= 15 is 0 Å². The predicted molar refractivity (Wildman–Crippen MR) is 97.0 cm³/mol. The lowest BCUT2D eigenvalue weighted by Gasteiger charge is -2.36. The second-order valence-corrected chi connectivity index (χ2v) is 6.86. The Labute approximate surface area is 151 Å². The van der Waals surface area contributed by atoms with Crippen LogP contribution in [-0.2, 0) is 14.3 Å². The molecule has 1 aliphatic heterocycles. The number of amides is 1. The lowest BCUT2D eigenvalue weighted by Crippen LogP contribution is -2.48. The number of nitrogens with one attached hydrogen (secondary N) is 1. The van der Waals surface area contributed by atoms with Gasteiger partial charge in [-0.05, 0) is 39.2 Å². The van der Waals surface area contributed by atoms with Crippen molar-refractivity contribution >= 4 is 5.91 Å². The van der Waals surface area contributed by atoms with E-state index in [9.17, 15) is 15.0 Å². The number of unbranched alkanes of at least 4 members (excludes halogenated alkanes) is 3. The Morgan fingerprint density at radius 1 is 1.32 bits per heavy atom. The lowest BCUT2D eigenvalue weighted by atomic mass is 10.0. The zero-order valence-corrected chi connectivity index (χ0v) is 15.8. The third kappa shape index (κ3) is 9.35. The van der Waals surface area contributed by atoms with Gasteiger partial charge in [-0.1, -0.05) is 32.3 Å². The summed E-state index contributed by atoms with van der Waals surface area (Å²) in [5, 5.41) is 22.4. The van der Waals surface area contributed by atoms with Crippen LogP contribution in [-0.4, -0.2) is 53.4 Å². The van der Waals surface area contributed by atoms with Gasteiger partial charge in [-0.3, -0.25) is 4.79 Å². The van der Waals surface area contributed by atoms with Gasteiger partial charge in [0, 0.05) is 13.0 Å². The molecule has 0 unspecified atom stereocenters. The van der Waals surface area contributed by atoms with Crippen molar-refractivity contribution in [2.75, 3.05) is 6.54 Å². The highest BCUT2D eigenvalue weighted by atomic mass is 16.7. The number of aliphatic hydroxyl groups is 2. The van der Waals surface area contributed by atoms with Crippen LogP contribution in [0.4, 0.5) is 0 Å². The van der Waals surface area contributed by atoms with E-state index < -0.39 is 18.5 Å². The van der Waals surface area contributed by atoms with Crippen LogP contribution < -0.4 is 5.32 Å². The Morgan fingerprint density at radius 2 is 2.08 bits per heavy atom. The van der Waals surface area contributed by atoms with Gasteiger partial charge < -0.3 is 25.0 Å². The number of aliphatic hydroxyl groups excluding tert-OH is 2. The Balaban J connectivity index is 2.15. The molecule has 6 nitrogen and oxygen atoms in total. The summed E-state index contributed by atoms with van der Waals surface area (Å²) in [6.07, 6.45) is 7.05. The van der Waals surface area contributed by atoms with Gasteiger partial charge in [-0.2, -0.15) is 0 Å². The second kappa shape index (κ2) is 12.4. The average molecular weight is 357 g/mol. The Bertz CT molecular complexity index is 401. The minimum atomic E-state index is -0.817. The van der Waals surface area contributed by atoms with Gasteiger partial charge in [0.05, 0.1) is 18.3 Å². The molecular formula is C19H35NO5. The van der Waals surface area contributed by atoms with E-state index in [1.165, 1.54) is 12.8 Å². The molecule has 1 fully saturated rings. The number of carbonyl (C=O) groups is 1. The van der Waals surface area contributed by atoms with Crippen LogP contribution in [0.5, 0.6) is 0 Å². The van der Waals surface area contributed by atoms with Crippen LogP contribution in [0.2, 0.25) is 0 Å². The Hall–Kier alpha value is -0.950. The first-order valence-corrected chi connectivity index (χ1v) is 9.55. The predicted octanol–water partition coefficient (Wildman–Crippen LogP) is 2.28. The summed E-state index contributed by atoms with van der Waals surface area (Å²) in [5.41, 5.74) is 0. The lowest BCUT2D eigenvalue weighted by molar-refractivity contribution is -0.273. The zero-order valence-electron chi connectivity index (χ0n) is 15.8. The fourth-order valence-electron chi connectivity index (χ4n) is 2.71. The van der Waals surface area contributed by atoms with Gasteiger partial charge in [-0.25, -0.2) is 0 Å². The van der Waals surface area contributed by atoms with Crippen LogP contribution in [0.15, 0.2) is 12.2 Å². The molecule has 1 heterocycles. The van der Waals surface area contributed by atoms with Crippen molar-refractivity contribution in [3.63, 3.8) is 0 Å².